The van der Waals surface area contributed by atoms with Gasteiger partial charge in [-0.15, -0.1) is 0 Å². The Bertz CT molecular complexity index is 175. The largest absolute Gasteiger partial charge is 0.384 e. The van der Waals surface area contributed by atoms with Gasteiger partial charge in [0.05, 0.1) is 5.75 Å². The number of sulfonamides is 1. The number of hydrogen-bond donors (Lipinski definition) is 1. The fourth-order valence-corrected chi connectivity index (χ4v) is 1.62. The molecule has 4 nitrogen and oxygen atoms in total. The first-order valence-electron chi connectivity index (χ1n) is 2.95. The second-order valence-electron chi connectivity index (χ2n) is 2.39. The van der Waals surface area contributed by atoms with Crippen molar-refractivity contribution in [1.29, 1.82) is 0 Å². The van der Waals surface area contributed by atoms with E-state index in [4.69, 9.17) is 9.88 Å². The van der Waals surface area contributed by atoms with E-state index in [1.54, 1.807) is 6.92 Å². The van der Waals surface area contributed by atoms with Crippen LogP contribution in [0.5, 0.6) is 0 Å². The molecule has 1 atom stereocenters. The second kappa shape index (κ2) is 3.90. The normalized spacial score (nSPS) is 15.1. The van der Waals surface area contributed by atoms with Gasteiger partial charge in [0.1, 0.15) is 0 Å². The van der Waals surface area contributed by atoms with E-state index in [1.807, 2.05) is 0 Å². The maximum absolute atomic E-state index is 10.4. The zero-order valence-electron chi connectivity index (χ0n) is 6.20. The fraction of sp³-hybridized carbons (Fsp3) is 1.00. The number of ether oxygens (including phenoxy) is 1. The van der Waals surface area contributed by atoms with Crippen LogP contribution in [0.3, 0.4) is 0 Å². The monoisotopic (exact) mass is 167 g/mol. The van der Waals surface area contributed by atoms with Gasteiger partial charge in [-0.05, 0) is 5.92 Å². The third kappa shape index (κ3) is 6.00. The summed E-state index contributed by atoms with van der Waals surface area (Å²) >= 11 is 0. The summed E-state index contributed by atoms with van der Waals surface area (Å²) in [5.74, 6) is -0.0408. The number of methoxy groups -OCH3 is 1. The molecule has 0 aliphatic carbocycles. The van der Waals surface area contributed by atoms with Crippen LogP contribution in [0.1, 0.15) is 6.92 Å². The van der Waals surface area contributed by atoms with E-state index in [-0.39, 0.29) is 11.7 Å². The van der Waals surface area contributed by atoms with Crippen LogP contribution in [-0.2, 0) is 14.8 Å². The van der Waals surface area contributed by atoms with Crippen molar-refractivity contribution in [3.05, 3.63) is 0 Å². The van der Waals surface area contributed by atoms with E-state index in [9.17, 15) is 8.42 Å². The van der Waals surface area contributed by atoms with Gasteiger partial charge in [0, 0.05) is 13.7 Å². The van der Waals surface area contributed by atoms with Gasteiger partial charge in [-0.2, -0.15) is 0 Å². The maximum atomic E-state index is 10.4. The Balaban J connectivity index is 3.69. The van der Waals surface area contributed by atoms with Crippen LogP contribution in [0.25, 0.3) is 0 Å². The molecule has 0 spiro atoms. The molecule has 0 aliphatic rings. The number of rotatable bonds is 4. The second-order valence-corrected chi connectivity index (χ2v) is 4.05. The topological polar surface area (TPSA) is 69.4 Å². The van der Waals surface area contributed by atoms with Gasteiger partial charge in [0.2, 0.25) is 10.0 Å². The van der Waals surface area contributed by atoms with Crippen molar-refractivity contribution in [3.8, 4) is 0 Å². The Morgan fingerprint density at radius 1 is 1.60 bits per heavy atom. The molecule has 1 unspecified atom stereocenters. The van der Waals surface area contributed by atoms with E-state index in [0.717, 1.165) is 0 Å². The summed E-state index contributed by atoms with van der Waals surface area (Å²) in [4.78, 5) is 0. The molecule has 5 heteroatoms. The van der Waals surface area contributed by atoms with E-state index < -0.39 is 10.0 Å². The third-order valence-corrected chi connectivity index (χ3v) is 2.00. The van der Waals surface area contributed by atoms with E-state index in [2.05, 4.69) is 0 Å². The van der Waals surface area contributed by atoms with Gasteiger partial charge in [0.15, 0.2) is 0 Å². The Morgan fingerprint density at radius 3 is 2.40 bits per heavy atom. The zero-order chi connectivity index (χ0) is 8.20. The molecule has 10 heavy (non-hydrogen) atoms. The molecular weight excluding hydrogens is 154 g/mol. The lowest BCUT2D eigenvalue weighted by Crippen LogP contribution is -2.23. The lowest BCUT2D eigenvalue weighted by Gasteiger charge is -2.06. The predicted octanol–water partition coefficient (Wildman–Crippen LogP) is -0.443. The summed E-state index contributed by atoms with van der Waals surface area (Å²) in [6.45, 7) is 2.20. The molecule has 0 aromatic heterocycles. The molecule has 0 amide bonds. The van der Waals surface area contributed by atoms with Crippen molar-refractivity contribution in [2.75, 3.05) is 19.5 Å². The maximum Gasteiger partial charge on any atom is 0.209 e. The number of nitrogens with two attached hydrogens (primary N) is 1. The third-order valence-electron chi connectivity index (χ3n) is 0.968. The molecule has 0 heterocycles. The average molecular weight is 167 g/mol. The van der Waals surface area contributed by atoms with Crippen molar-refractivity contribution in [2.24, 2.45) is 11.1 Å². The van der Waals surface area contributed by atoms with Crippen molar-refractivity contribution in [1.82, 2.24) is 0 Å². The Labute approximate surface area is 61.4 Å². The van der Waals surface area contributed by atoms with E-state index in [0.29, 0.717) is 6.61 Å². The molecule has 2 N–H and O–H groups in total. The predicted molar refractivity (Wildman–Crippen MR) is 39.0 cm³/mol. The van der Waals surface area contributed by atoms with Crippen LogP contribution in [0.15, 0.2) is 0 Å². The first kappa shape index (κ1) is 9.87. The van der Waals surface area contributed by atoms with Gasteiger partial charge >= 0.3 is 0 Å². The molecule has 0 fully saturated rings. The van der Waals surface area contributed by atoms with Crippen LogP contribution in [0.2, 0.25) is 0 Å². The quantitative estimate of drug-likeness (QED) is 0.617. The fourth-order valence-electron chi connectivity index (χ4n) is 0.729. The Morgan fingerprint density at radius 2 is 2.10 bits per heavy atom. The highest BCUT2D eigenvalue weighted by Crippen LogP contribution is 1.97. The molecule has 62 valence electrons. The number of primary sulfonamides is 1. The van der Waals surface area contributed by atoms with Crippen molar-refractivity contribution in [2.45, 2.75) is 6.92 Å². The average Bonchev–Trinajstić information content (AvgIpc) is 1.59. The molecule has 0 saturated heterocycles. The van der Waals surface area contributed by atoms with Crippen LogP contribution in [-0.4, -0.2) is 27.9 Å². The summed E-state index contributed by atoms with van der Waals surface area (Å²) in [6.07, 6.45) is 0. The van der Waals surface area contributed by atoms with Gasteiger partial charge < -0.3 is 4.74 Å². The highest BCUT2D eigenvalue weighted by atomic mass is 32.2. The molecular formula is C5H13NO3S. The minimum absolute atomic E-state index is 0.0131. The number of hydrogen-bond acceptors (Lipinski definition) is 3. The SMILES string of the molecule is COCC(C)CS(N)(=O)=O. The van der Waals surface area contributed by atoms with Gasteiger partial charge in [-0.3, -0.25) is 0 Å². The zero-order valence-corrected chi connectivity index (χ0v) is 7.02. The summed E-state index contributed by atoms with van der Waals surface area (Å²) in [7, 11) is -1.80. The first-order valence-corrected chi connectivity index (χ1v) is 4.66. The van der Waals surface area contributed by atoms with Crippen molar-refractivity contribution >= 4 is 10.0 Å². The summed E-state index contributed by atoms with van der Waals surface area (Å²) in [5, 5.41) is 4.78. The molecule has 0 aromatic carbocycles. The lowest BCUT2D eigenvalue weighted by molar-refractivity contribution is 0.167. The molecule has 0 bridgehead atoms. The highest BCUT2D eigenvalue weighted by molar-refractivity contribution is 7.89. The lowest BCUT2D eigenvalue weighted by atomic mass is 10.2. The van der Waals surface area contributed by atoms with Crippen LogP contribution < -0.4 is 5.14 Å². The Hall–Kier alpha value is -0.130. The molecule has 0 rings (SSSR count). The summed E-state index contributed by atoms with van der Waals surface area (Å²) in [6, 6.07) is 0. The van der Waals surface area contributed by atoms with Crippen molar-refractivity contribution < 1.29 is 13.2 Å². The van der Waals surface area contributed by atoms with Gasteiger partial charge in [-0.1, -0.05) is 6.92 Å². The van der Waals surface area contributed by atoms with Crippen LogP contribution in [0.4, 0.5) is 0 Å². The Kier molecular flexibility index (Phi) is 3.85. The van der Waals surface area contributed by atoms with Crippen molar-refractivity contribution in [3.63, 3.8) is 0 Å². The smallest absolute Gasteiger partial charge is 0.209 e. The summed E-state index contributed by atoms with van der Waals surface area (Å²) in [5.41, 5.74) is 0. The standard InChI is InChI=1S/C5H13NO3S/c1-5(3-9-2)4-10(6,7)8/h5H,3-4H2,1-2H3,(H2,6,7,8). The molecule has 0 aromatic rings. The summed E-state index contributed by atoms with van der Waals surface area (Å²) < 4.78 is 25.6. The minimum atomic E-state index is -3.33. The van der Waals surface area contributed by atoms with Crippen LogP contribution in [0, 0.1) is 5.92 Å². The highest BCUT2D eigenvalue weighted by Gasteiger charge is 2.09. The minimum Gasteiger partial charge on any atom is -0.384 e. The molecule has 0 saturated carbocycles. The van der Waals surface area contributed by atoms with Gasteiger partial charge in [-0.25, -0.2) is 13.6 Å². The van der Waals surface area contributed by atoms with E-state index in [1.165, 1.54) is 7.11 Å². The first-order chi connectivity index (χ1) is 4.45. The molecule has 0 radical (unpaired) electrons. The molecule has 0 aliphatic heterocycles. The van der Waals surface area contributed by atoms with E-state index >= 15 is 0 Å². The van der Waals surface area contributed by atoms with Crippen LogP contribution >= 0.6 is 0 Å². The van der Waals surface area contributed by atoms with Gasteiger partial charge in [0.25, 0.3) is 0 Å².